The number of hydrogen-bond acceptors (Lipinski definition) is 5. The topological polar surface area (TPSA) is 48.4 Å². The minimum Gasteiger partial charge on any atom is -0.507 e. The highest BCUT2D eigenvalue weighted by Gasteiger charge is 2.20. The van der Waals surface area contributed by atoms with Gasteiger partial charge in [-0.25, -0.2) is 4.98 Å². The van der Waals surface area contributed by atoms with Crippen LogP contribution in [0.3, 0.4) is 0 Å². The Kier molecular flexibility index (Phi) is 6.83. The lowest BCUT2D eigenvalue weighted by molar-refractivity contribution is 0.301. The second-order valence-electron chi connectivity index (χ2n) is 8.37. The van der Waals surface area contributed by atoms with E-state index in [0.29, 0.717) is 6.04 Å². The Labute approximate surface area is 189 Å². The van der Waals surface area contributed by atoms with Crippen molar-refractivity contribution < 1.29 is 5.11 Å². The number of anilines is 1. The Hall–Kier alpha value is -2.50. The molecule has 1 fully saturated rings. The van der Waals surface area contributed by atoms with E-state index in [4.69, 9.17) is 4.98 Å². The highest BCUT2D eigenvalue weighted by molar-refractivity contribution is 7.98. The van der Waals surface area contributed by atoms with Crippen LogP contribution in [0.1, 0.15) is 24.8 Å². The van der Waals surface area contributed by atoms with Crippen molar-refractivity contribution in [1.82, 2.24) is 9.88 Å². The second-order valence-corrected chi connectivity index (χ2v) is 9.25. The van der Waals surface area contributed by atoms with E-state index >= 15 is 0 Å². The molecule has 3 aromatic rings. The number of nitrogens with one attached hydrogen (secondary N) is 1. The average Bonchev–Trinajstić information content (AvgIpc) is 3.20. The van der Waals surface area contributed by atoms with Crippen molar-refractivity contribution >= 4 is 17.6 Å². The Morgan fingerprint density at radius 3 is 2.61 bits per heavy atom. The summed E-state index contributed by atoms with van der Waals surface area (Å²) in [6.45, 7) is 4.11. The van der Waals surface area contributed by atoms with E-state index in [1.54, 1.807) is 17.8 Å². The molecule has 0 aliphatic carbocycles. The zero-order chi connectivity index (χ0) is 21.8. The first-order chi connectivity index (χ1) is 15.0. The van der Waals surface area contributed by atoms with Gasteiger partial charge in [0.2, 0.25) is 0 Å². The predicted molar refractivity (Wildman–Crippen MR) is 132 cm³/mol. The van der Waals surface area contributed by atoms with E-state index in [2.05, 4.69) is 59.9 Å². The molecule has 162 valence electrons. The maximum absolute atomic E-state index is 10.5. The highest BCUT2D eigenvalue weighted by atomic mass is 32.2. The minimum absolute atomic E-state index is 0.256. The molecule has 2 N–H and O–H groups in total. The second kappa shape index (κ2) is 9.75. The summed E-state index contributed by atoms with van der Waals surface area (Å²) in [6, 6.07) is 19.1. The number of phenols is 1. The van der Waals surface area contributed by atoms with Crippen LogP contribution in [0.15, 0.2) is 59.5 Å². The Morgan fingerprint density at radius 1 is 1.10 bits per heavy atom. The largest absolute Gasteiger partial charge is 0.507 e. The van der Waals surface area contributed by atoms with Gasteiger partial charge in [-0.2, -0.15) is 0 Å². The molecule has 0 spiro atoms. The molecule has 1 aliphatic heterocycles. The highest BCUT2D eigenvalue weighted by Crippen LogP contribution is 2.33. The summed E-state index contributed by atoms with van der Waals surface area (Å²) < 4.78 is 0. The number of hydrogen-bond donors (Lipinski definition) is 2. The molecule has 0 saturated carbocycles. The van der Waals surface area contributed by atoms with Crippen molar-refractivity contribution in [1.29, 1.82) is 0 Å². The number of pyridine rings is 1. The van der Waals surface area contributed by atoms with E-state index in [9.17, 15) is 5.11 Å². The lowest BCUT2D eigenvalue weighted by Crippen LogP contribution is -2.27. The van der Waals surface area contributed by atoms with E-state index in [1.165, 1.54) is 24.3 Å². The fourth-order valence-corrected chi connectivity index (χ4v) is 4.68. The third kappa shape index (κ3) is 5.23. The maximum atomic E-state index is 10.5. The van der Waals surface area contributed by atoms with Crippen molar-refractivity contribution in [2.45, 2.75) is 37.1 Å². The Morgan fingerprint density at radius 2 is 1.90 bits per heavy atom. The quantitative estimate of drug-likeness (QED) is 0.444. The fraction of sp³-hybridized carbons (Fsp3) is 0.346. The summed E-state index contributed by atoms with van der Waals surface area (Å²) in [5, 5.41) is 14.0. The van der Waals surface area contributed by atoms with Crippen LogP contribution in [0.4, 0.5) is 5.82 Å². The van der Waals surface area contributed by atoms with Crippen molar-refractivity contribution in [3.05, 3.63) is 60.2 Å². The molecular formula is C26H31N3OS. The molecule has 1 atom stereocenters. The molecule has 0 amide bonds. The maximum Gasteiger partial charge on any atom is 0.127 e. The van der Waals surface area contributed by atoms with Gasteiger partial charge in [-0.3, -0.25) is 0 Å². The summed E-state index contributed by atoms with van der Waals surface area (Å²) in [5.74, 6) is 1.11. The fourth-order valence-electron chi connectivity index (χ4n) is 4.28. The van der Waals surface area contributed by atoms with Crippen LogP contribution < -0.4 is 5.32 Å². The van der Waals surface area contributed by atoms with Gasteiger partial charge in [0, 0.05) is 23.0 Å². The van der Waals surface area contributed by atoms with Crippen LogP contribution >= 0.6 is 11.8 Å². The van der Waals surface area contributed by atoms with Gasteiger partial charge in [0.15, 0.2) is 0 Å². The normalized spacial score (nSPS) is 16.5. The molecule has 2 aromatic carbocycles. The molecule has 31 heavy (non-hydrogen) atoms. The monoisotopic (exact) mass is 433 g/mol. The number of nitrogens with zero attached hydrogens (tertiary/aromatic N) is 2. The molecule has 1 saturated heterocycles. The third-order valence-corrected chi connectivity index (χ3v) is 6.88. The first-order valence-corrected chi connectivity index (χ1v) is 12.2. The molecule has 1 aliphatic rings. The smallest absolute Gasteiger partial charge is 0.127 e. The van der Waals surface area contributed by atoms with E-state index < -0.39 is 0 Å². The standard InChI is InChI=1S/C26H31N3OS/c1-18-6-11-25(30)23(15-18)24-16-20(19-7-9-22(31-3)10-8-19)17-26(28-24)27-13-12-21-5-4-14-29(21)2/h6-11,15-17,21,30H,4-5,12-14H2,1-3H3,(H,27,28). The van der Waals surface area contributed by atoms with Crippen LogP contribution in [0, 0.1) is 6.92 Å². The van der Waals surface area contributed by atoms with Crippen LogP contribution in [-0.2, 0) is 0 Å². The lowest BCUT2D eigenvalue weighted by atomic mass is 10.0. The number of aromatic hydroxyl groups is 1. The Bertz CT molecular complexity index is 1040. The number of aromatic nitrogens is 1. The number of benzene rings is 2. The molecule has 4 nitrogen and oxygen atoms in total. The molecule has 1 aromatic heterocycles. The first-order valence-electron chi connectivity index (χ1n) is 10.9. The van der Waals surface area contributed by atoms with Crippen LogP contribution in [0.5, 0.6) is 5.75 Å². The summed E-state index contributed by atoms with van der Waals surface area (Å²) in [5.41, 5.74) is 4.89. The molecule has 2 heterocycles. The van der Waals surface area contributed by atoms with Gasteiger partial charge >= 0.3 is 0 Å². The zero-order valence-corrected chi connectivity index (χ0v) is 19.4. The molecule has 4 rings (SSSR count). The van der Waals surface area contributed by atoms with E-state index in [1.807, 2.05) is 19.1 Å². The van der Waals surface area contributed by atoms with Crippen molar-refractivity contribution in [3.63, 3.8) is 0 Å². The summed E-state index contributed by atoms with van der Waals surface area (Å²) in [7, 11) is 2.22. The van der Waals surface area contributed by atoms with E-state index in [-0.39, 0.29) is 5.75 Å². The molecule has 5 heteroatoms. The van der Waals surface area contributed by atoms with Crippen LogP contribution in [0.2, 0.25) is 0 Å². The number of thioether (sulfide) groups is 1. The number of aryl methyl sites for hydroxylation is 1. The van der Waals surface area contributed by atoms with Gasteiger partial charge in [-0.05, 0) is 93.6 Å². The molecule has 1 unspecified atom stereocenters. The summed E-state index contributed by atoms with van der Waals surface area (Å²) >= 11 is 1.74. The van der Waals surface area contributed by atoms with Gasteiger partial charge in [-0.15, -0.1) is 11.8 Å². The lowest BCUT2D eigenvalue weighted by Gasteiger charge is -2.19. The summed E-state index contributed by atoms with van der Waals surface area (Å²) in [6.07, 6.45) is 5.76. The van der Waals surface area contributed by atoms with Gasteiger partial charge < -0.3 is 15.3 Å². The first kappa shape index (κ1) is 21.7. The zero-order valence-electron chi connectivity index (χ0n) is 18.6. The number of rotatable bonds is 7. The van der Waals surface area contributed by atoms with Crippen molar-refractivity contribution in [2.75, 3.05) is 31.7 Å². The molecular weight excluding hydrogens is 402 g/mol. The third-order valence-electron chi connectivity index (χ3n) is 6.13. The average molecular weight is 434 g/mol. The minimum atomic E-state index is 0.256. The number of phenolic OH excluding ortho intramolecular Hbond substituents is 1. The predicted octanol–water partition coefficient (Wildman–Crippen LogP) is 6.05. The summed E-state index contributed by atoms with van der Waals surface area (Å²) in [4.78, 5) is 8.56. The van der Waals surface area contributed by atoms with Gasteiger partial charge in [0.1, 0.15) is 11.6 Å². The molecule has 0 radical (unpaired) electrons. The van der Waals surface area contributed by atoms with Crippen molar-refractivity contribution in [3.8, 4) is 28.1 Å². The van der Waals surface area contributed by atoms with Gasteiger partial charge in [0.25, 0.3) is 0 Å². The van der Waals surface area contributed by atoms with Crippen LogP contribution in [-0.4, -0.2) is 47.4 Å². The van der Waals surface area contributed by atoms with E-state index in [0.717, 1.165) is 46.7 Å². The van der Waals surface area contributed by atoms with Gasteiger partial charge in [-0.1, -0.05) is 23.8 Å². The SMILES string of the molecule is CSc1ccc(-c2cc(NCCC3CCCN3C)nc(-c3cc(C)ccc3O)c2)cc1. The molecule has 0 bridgehead atoms. The van der Waals surface area contributed by atoms with Gasteiger partial charge in [0.05, 0.1) is 5.69 Å². The number of likely N-dealkylation sites (tertiary alicyclic amines) is 1. The van der Waals surface area contributed by atoms with Crippen LogP contribution in [0.25, 0.3) is 22.4 Å². The Balaban J connectivity index is 1.65. The van der Waals surface area contributed by atoms with Crippen molar-refractivity contribution in [2.24, 2.45) is 0 Å².